The maximum Gasteiger partial charge on any atom is 0.0897 e. The molecule has 0 saturated heterocycles. The number of hydrogen-bond acceptors (Lipinski definition) is 4. The molecule has 0 saturated carbocycles. The quantitative estimate of drug-likeness (QED) is 0.779. The predicted octanol–water partition coefficient (Wildman–Crippen LogP) is 1.73. The standard InChI is InChI=1S/C11H20N2OS/c1-3-4-11(7-12,8-14)5-10-6-15-9(2)13-10/h6,14H,3-5,7-8,12H2,1-2H3. The number of hydrogen-bond donors (Lipinski definition) is 2. The lowest BCUT2D eigenvalue weighted by Crippen LogP contribution is -2.36. The van der Waals surface area contributed by atoms with Gasteiger partial charge in [0.05, 0.1) is 17.3 Å². The number of aliphatic hydroxyl groups excluding tert-OH is 1. The number of aromatic nitrogens is 1. The Morgan fingerprint density at radius 3 is 2.73 bits per heavy atom. The van der Waals surface area contributed by atoms with Gasteiger partial charge < -0.3 is 10.8 Å². The molecule has 0 aliphatic rings. The van der Waals surface area contributed by atoms with Crippen molar-refractivity contribution in [3.05, 3.63) is 16.1 Å². The van der Waals surface area contributed by atoms with Crippen LogP contribution in [0.25, 0.3) is 0 Å². The highest BCUT2D eigenvalue weighted by Crippen LogP contribution is 2.27. The maximum atomic E-state index is 9.47. The van der Waals surface area contributed by atoms with Crippen LogP contribution in [0, 0.1) is 12.3 Å². The Bertz CT molecular complexity index is 295. The Morgan fingerprint density at radius 1 is 1.60 bits per heavy atom. The van der Waals surface area contributed by atoms with E-state index in [0.717, 1.165) is 30.0 Å². The smallest absolute Gasteiger partial charge is 0.0897 e. The maximum absolute atomic E-state index is 9.47. The van der Waals surface area contributed by atoms with Gasteiger partial charge in [0.25, 0.3) is 0 Å². The van der Waals surface area contributed by atoms with Gasteiger partial charge in [0, 0.05) is 17.3 Å². The summed E-state index contributed by atoms with van der Waals surface area (Å²) in [5, 5.41) is 12.6. The van der Waals surface area contributed by atoms with Gasteiger partial charge in [0.2, 0.25) is 0 Å². The van der Waals surface area contributed by atoms with Crippen molar-refractivity contribution in [3.63, 3.8) is 0 Å². The van der Waals surface area contributed by atoms with Gasteiger partial charge in [-0.2, -0.15) is 0 Å². The van der Waals surface area contributed by atoms with Crippen LogP contribution < -0.4 is 5.73 Å². The van der Waals surface area contributed by atoms with Crippen LogP contribution in [0.1, 0.15) is 30.5 Å². The minimum atomic E-state index is -0.171. The molecule has 0 amide bonds. The van der Waals surface area contributed by atoms with Crippen molar-refractivity contribution in [3.8, 4) is 0 Å². The molecule has 0 aliphatic carbocycles. The van der Waals surface area contributed by atoms with Crippen LogP contribution in [-0.4, -0.2) is 23.2 Å². The number of aliphatic hydroxyl groups is 1. The lowest BCUT2D eigenvalue weighted by atomic mass is 9.80. The largest absolute Gasteiger partial charge is 0.396 e. The summed E-state index contributed by atoms with van der Waals surface area (Å²) in [6.45, 7) is 4.78. The molecule has 0 radical (unpaired) electrons. The Kier molecular flexibility index (Phi) is 4.70. The fraction of sp³-hybridized carbons (Fsp3) is 0.727. The van der Waals surface area contributed by atoms with Crippen molar-refractivity contribution in [1.82, 2.24) is 4.98 Å². The van der Waals surface area contributed by atoms with E-state index in [2.05, 4.69) is 17.3 Å². The summed E-state index contributed by atoms with van der Waals surface area (Å²) in [4.78, 5) is 4.43. The average molecular weight is 228 g/mol. The Hall–Kier alpha value is -0.450. The van der Waals surface area contributed by atoms with Gasteiger partial charge in [-0.15, -0.1) is 11.3 Å². The van der Waals surface area contributed by atoms with E-state index in [1.165, 1.54) is 0 Å². The molecule has 1 aromatic heterocycles. The zero-order valence-corrected chi connectivity index (χ0v) is 10.3. The number of aryl methyl sites for hydroxylation is 1. The van der Waals surface area contributed by atoms with Crippen molar-refractivity contribution in [2.24, 2.45) is 11.1 Å². The van der Waals surface area contributed by atoms with Crippen molar-refractivity contribution >= 4 is 11.3 Å². The second-order valence-corrected chi connectivity index (χ2v) is 5.21. The summed E-state index contributed by atoms with van der Waals surface area (Å²) >= 11 is 1.65. The van der Waals surface area contributed by atoms with Crippen molar-refractivity contribution in [2.45, 2.75) is 33.1 Å². The number of rotatable bonds is 6. The minimum absolute atomic E-state index is 0.147. The molecule has 1 atom stereocenters. The Balaban J connectivity index is 2.73. The molecule has 0 bridgehead atoms. The van der Waals surface area contributed by atoms with Crippen LogP contribution in [0.3, 0.4) is 0 Å². The SMILES string of the molecule is CCCC(CN)(CO)Cc1csc(C)n1. The van der Waals surface area contributed by atoms with E-state index in [0.29, 0.717) is 6.54 Å². The Morgan fingerprint density at radius 2 is 2.33 bits per heavy atom. The molecule has 15 heavy (non-hydrogen) atoms. The second-order valence-electron chi connectivity index (χ2n) is 4.15. The van der Waals surface area contributed by atoms with Gasteiger partial charge in [0.1, 0.15) is 0 Å². The van der Waals surface area contributed by atoms with Crippen LogP contribution in [-0.2, 0) is 6.42 Å². The number of thiazole rings is 1. The van der Waals surface area contributed by atoms with Gasteiger partial charge in [-0.25, -0.2) is 4.98 Å². The summed E-state index contributed by atoms with van der Waals surface area (Å²) in [5.41, 5.74) is 6.66. The van der Waals surface area contributed by atoms with Crippen molar-refractivity contribution < 1.29 is 5.11 Å². The second kappa shape index (κ2) is 5.58. The third-order valence-corrected chi connectivity index (χ3v) is 3.59. The van der Waals surface area contributed by atoms with Crippen molar-refractivity contribution in [1.29, 1.82) is 0 Å². The lowest BCUT2D eigenvalue weighted by Gasteiger charge is -2.29. The fourth-order valence-corrected chi connectivity index (χ4v) is 2.48. The van der Waals surface area contributed by atoms with Crippen LogP contribution in [0.2, 0.25) is 0 Å². The van der Waals surface area contributed by atoms with Gasteiger partial charge in [-0.3, -0.25) is 0 Å². The van der Waals surface area contributed by atoms with Crippen molar-refractivity contribution in [2.75, 3.05) is 13.2 Å². The lowest BCUT2D eigenvalue weighted by molar-refractivity contribution is 0.120. The molecule has 3 nitrogen and oxygen atoms in total. The summed E-state index contributed by atoms with van der Waals surface area (Å²) < 4.78 is 0. The molecule has 4 heteroatoms. The zero-order chi connectivity index (χ0) is 11.3. The number of nitrogens with zero attached hydrogens (tertiary/aromatic N) is 1. The summed E-state index contributed by atoms with van der Waals surface area (Å²) in [6, 6.07) is 0. The molecule has 0 aromatic carbocycles. The summed E-state index contributed by atoms with van der Waals surface area (Å²) in [5.74, 6) is 0. The van der Waals surface area contributed by atoms with Gasteiger partial charge >= 0.3 is 0 Å². The first-order valence-corrected chi connectivity index (χ1v) is 6.25. The summed E-state index contributed by atoms with van der Waals surface area (Å²) in [7, 11) is 0. The molecule has 1 rings (SSSR count). The molecule has 1 heterocycles. The molecule has 0 spiro atoms. The minimum Gasteiger partial charge on any atom is -0.396 e. The first-order chi connectivity index (χ1) is 7.15. The van der Waals surface area contributed by atoms with Crippen LogP contribution in [0.4, 0.5) is 0 Å². The van der Waals surface area contributed by atoms with Crippen LogP contribution in [0.5, 0.6) is 0 Å². The molecular weight excluding hydrogens is 208 g/mol. The third-order valence-electron chi connectivity index (χ3n) is 2.77. The first-order valence-electron chi connectivity index (χ1n) is 5.38. The fourth-order valence-electron chi connectivity index (χ4n) is 1.87. The molecule has 1 unspecified atom stereocenters. The van der Waals surface area contributed by atoms with E-state index >= 15 is 0 Å². The number of nitrogens with two attached hydrogens (primary N) is 1. The highest BCUT2D eigenvalue weighted by molar-refractivity contribution is 7.09. The molecule has 0 fully saturated rings. The third kappa shape index (κ3) is 3.26. The van der Waals surface area contributed by atoms with E-state index in [9.17, 15) is 5.11 Å². The van der Waals surface area contributed by atoms with E-state index in [4.69, 9.17) is 5.73 Å². The zero-order valence-electron chi connectivity index (χ0n) is 9.49. The highest BCUT2D eigenvalue weighted by atomic mass is 32.1. The van der Waals surface area contributed by atoms with E-state index in [1.807, 2.05) is 6.92 Å². The monoisotopic (exact) mass is 228 g/mol. The van der Waals surface area contributed by atoms with Gasteiger partial charge in [-0.05, 0) is 19.8 Å². The average Bonchev–Trinajstić information content (AvgIpc) is 2.63. The molecule has 1 aromatic rings. The molecule has 86 valence electrons. The van der Waals surface area contributed by atoms with Gasteiger partial charge in [-0.1, -0.05) is 13.3 Å². The van der Waals surface area contributed by atoms with Gasteiger partial charge in [0.15, 0.2) is 0 Å². The van der Waals surface area contributed by atoms with E-state index in [-0.39, 0.29) is 12.0 Å². The van der Waals surface area contributed by atoms with Crippen LogP contribution >= 0.6 is 11.3 Å². The van der Waals surface area contributed by atoms with E-state index in [1.54, 1.807) is 11.3 Å². The topological polar surface area (TPSA) is 59.1 Å². The highest BCUT2D eigenvalue weighted by Gasteiger charge is 2.28. The van der Waals surface area contributed by atoms with Crippen LogP contribution in [0.15, 0.2) is 5.38 Å². The van der Waals surface area contributed by atoms with E-state index < -0.39 is 0 Å². The predicted molar refractivity (Wildman–Crippen MR) is 64.0 cm³/mol. The first kappa shape index (κ1) is 12.6. The molecule has 3 N–H and O–H groups in total. The Labute approximate surface area is 95.3 Å². The summed E-state index contributed by atoms with van der Waals surface area (Å²) in [6.07, 6.45) is 2.79. The normalized spacial score (nSPS) is 15.2. The molecule has 0 aliphatic heterocycles. The molecular formula is C11H20N2OS.